The summed E-state index contributed by atoms with van der Waals surface area (Å²) < 4.78 is 27.9. The van der Waals surface area contributed by atoms with Crippen LogP contribution in [0.1, 0.15) is 19.8 Å². The van der Waals surface area contributed by atoms with Crippen molar-refractivity contribution in [3.8, 4) is 0 Å². The van der Waals surface area contributed by atoms with Crippen molar-refractivity contribution >= 4 is 17.3 Å². The summed E-state index contributed by atoms with van der Waals surface area (Å²) in [5, 5.41) is 17.6. The van der Waals surface area contributed by atoms with Crippen molar-refractivity contribution in [3.05, 3.63) is 0 Å². The molecular formula is C10H25BN4O4S. The van der Waals surface area contributed by atoms with Crippen LogP contribution < -0.4 is 16.2 Å². The van der Waals surface area contributed by atoms with E-state index in [-0.39, 0.29) is 37.4 Å². The predicted molar refractivity (Wildman–Crippen MR) is 77.8 cm³/mol. The van der Waals surface area contributed by atoms with Crippen LogP contribution in [0.25, 0.3) is 0 Å². The van der Waals surface area contributed by atoms with Gasteiger partial charge in [0.1, 0.15) is 0 Å². The second-order valence-electron chi connectivity index (χ2n) is 5.48. The molecule has 118 valence electrons. The first kappa shape index (κ1) is 17.8. The Balaban J connectivity index is 2.47. The van der Waals surface area contributed by atoms with Crippen molar-refractivity contribution < 1.29 is 18.5 Å². The summed E-state index contributed by atoms with van der Waals surface area (Å²) in [5.74, 6) is 0.0422. The first-order valence-electron chi connectivity index (χ1n) is 6.84. The van der Waals surface area contributed by atoms with E-state index in [0.29, 0.717) is 19.4 Å². The molecule has 7 N–H and O–H groups in total. The second kappa shape index (κ2) is 7.69. The molecule has 3 atom stereocenters. The Morgan fingerprint density at radius 1 is 1.45 bits per heavy atom. The highest BCUT2D eigenvalue weighted by molar-refractivity contribution is 7.87. The molecule has 0 unspecified atom stereocenters. The number of hydrogen-bond acceptors (Lipinski definition) is 6. The van der Waals surface area contributed by atoms with Gasteiger partial charge in [0.2, 0.25) is 0 Å². The van der Waals surface area contributed by atoms with Crippen molar-refractivity contribution in [1.82, 2.24) is 9.03 Å². The van der Waals surface area contributed by atoms with Crippen molar-refractivity contribution in [2.75, 3.05) is 19.6 Å². The lowest BCUT2D eigenvalue weighted by molar-refractivity contribution is 0.390. The van der Waals surface area contributed by atoms with Gasteiger partial charge >= 0.3 is 7.12 Å². The lowest BCUT2D eigenvalue weighted by Gasteiger charge is -2.17. The standard InChI is InChI=1S/C10H25BN4O4S/c1-8(12)5-14-20(18,19)15-6-9(10(13)7-15)3-2-4-11(16)17/h8-10,14,16-17H,2-7,12-13H2,1H3/t8-,9-,10-/m0/s1. The van der Waals surface area contributed by atoms with Gasteiger partial charge in [0.15, 0.2) is 0 Å². The molecule has 1 saturated heterocycles. The monoisotopic (exact) mass is 308 g/mol. The Kier molecular flexibility index (Phi) is 6.85. The molecule has 0 amide bonds. The van der Waals surface area contributed by atoms with Gasteiger partial charge in [-0.1, -0.05) is 6.42 Å². The van der Waals surface area contributed by atoms with E-state index in [1.165, 1.54) is 4.31 Å². The van der Waals surface area contributed by atoms with Gasteiger partial charge in [-0.25, -0.2) is 4.72 Å². The van der Waals surface area contributed by atoms with Crippen LogP contribution in [-0.2, 0) is 10.2 Å². The van der Waals surface area contributed by atoms with E-state index >= 15 is 0 Å². The molecule has 1 rings (SSSR count). The third-order valence-corrected chi connectivity index (χ3v) is 4.93. The lowest BCUT2D eigenvalue weighted by Crippen LogP contribution is -2.44. The minimum Gasteiger partial charge on any atom is -0.427 e. The first-order valence-corrected chi connectivity index (χ1v) is 8.28. The third kappa shape index (κ3) is 5.64. The van der Waals surface area contributed by atoms with Crippen LogP contribution in [0.15, 0.2) is 0 Å². The maximum atomic E-state index is 12.0. The van der Waals surface area contributed by atoms with Crippen molar-refractivity contribution in [2.45, 2.75) is 38.2 Å². The summed E-state index contributed by atoms with van der Waals surface area (Å²) in [6.07, 6.45) is 1.56. The fourth-order valence-electron chi connectivity index (χ4n) is 2.25. The third-order valence-electron chi connectivity index (χ3n) is 3.42. The number of hydrogen-bond donors (Lipinski definition) is 5. The van der Waals surface area contributed by atoms with E-state index in [1.54, 1.807) is 6.92 Å². The van der Waals surface area contributed by atoms with E-state index < -0.39 is 17.3 Å². The Morgan fingerprint density at radius 3 is 2.65 bits per heavy atom. The molecular weight excluding hydrogens is 283 g/mol. The average Bonchev–Trinajstić information content (AvgIpc) is 2.69. The highest BCUT2D eigenvalue weighted by atomic mass is 32.2. The van der Waals surface area contributed by atoms with Crippen LogP contribution in [0.3, 0.4) is 0 Å². The Morgan fingerprint density at radius 2 is 2.10 bits per heavy atom. The van der Waals surface area contributed by atoms with E-state index in [2.05, 4.69) is 4.72 Å². The number of nitrogens with two attached hydrogens (primary N) is 2. The van der Waals surface area contributed by atoms with Gasteiger partial charge in [-0.2, -0.15) is 12.7 Å². The zero-order chi connectivity index (χ0) is 15.3. The van der Waals surface area contributed by atoms with Crippen LogP contribution >= 0.6 is 0 Å². The summed E-state index contributed by atoms with van der Waals surface area (Å²) in [6.45, 7) is 2.55. The number of nitrogens with one attached hydrogen (secondary N) is 1. The predicted octanol–water partition coefficient (Wildman–Crippen LogP) is -2.32. The second-order valence-corrected chi connectivity index (χ2v) is 7.24. The van der Waals surface area contributed by atoms with Crippen LogP contribution in [0.4, 0.5) is 0 Å². The summed E-state index contributed by atoms with van der Waals surface area (Å²) in [6, 6.07) is -0.472. The smallest absolute Gasteiger partial charge is 0.427 e. The quantitative estimate of drug-likeness (QED) is 0.319. The molecule has 1 heterocycles. The van der Waals surface area contributed by atoms with Gasteiger partial charge in [0.05, 0.1) is 0 Å². The zero-order valence-electron chi connectivity index (χ0n) is 11.8. The lowest BCUT2D eigenvalue weighted by atomic mass is 9.82. The molecule has 8 nitrogen and oxygen atoms in total. The minimum absolute atomic E-state index is 0.0422. The molecule has 1 aliphatic rings. The molecule has 0 aromatic heterocycles. The minimum atomic E-state index is -3.54. The fraction of sp³-hybridized carbons (Fsp3) is 1.00. The molecule has 1 fully saturated rings. The van der Waals surface area contributed by atoms with E-state index in [4.69, 9.17) is 21.5 Å². The maximum absolute atomic E-state index is 12.0. The maximum Gasteiger partial charge on any atom is 0.451 e. The number of rotatable bonds is 8. The fourth-order valence-corrected chi connectivity index (χ4v) is 3.66. The van der Waals surface area contributed by atoms with E-state index in [9.17, 15) is 8.42 Å². The Labute approximate surface area is 120 Å². The molecule has 20 heavy (non-hydrogen) atoms. The topological polar surface area (TPSA) is 142 Å². The Bertz CT molecular complexity index is 393. The summed E-state index contributed by atoms with van der Waals surface area (Å²) in [7, 11) is -4.86. The molecule has 0 spiro atoms. The molecule has 0 aliphatic carbocycles. The van der Waals surface area contributed by atoms with Crippen LogP contribution in [0.5, 0.6) is 0 Å². The number of nitrogens with zero attached hydrogens (tertiary/aromatic N) is 1. The summed E-state index contributed by atoms with van der Waals surface area (Å²) in [5.41, 5.74) is 11.5. The van der Waals surface area contributed by atoms with Gasteiger partial charge in [0.25, 0.3) is 10.2 Å². The van der Waals surface area contributed by atoms with Gasteiger partial charge in [-0.05, 0) is 25.6 Å². The molecule has 0 radical (unpaired) electrons. The SMILES string of the molecule is C[C@H](N)CNS(=O)(=O)N1C[C@H](CCCB(O)O)[C@@H](N)C1. The van der Waals surface area contributed by atoms with Crippen molar-refractivity contribution in [3.63, 3.8) is 0 Å². The average molecular weight is 308 g/mol. The van der Waals surface area contributed by atoms with Gasteiger partial charge in [0, 0.05) is 31.7 Å². The first-order chi connectivity index (χ1) is 9.22. The zero-order valence-corrected chi connectivity index (χ0v) is 12.6. The van der Waals surface area contributed by atoms with Gasteiger partial charge < -0.3 is 21.5 Å². The molecule has 0 bridgehead atoms. The van der Waals surface area contributed by atoms with Gasteiger partial charge in [-0.15, -0.1) is 0 Å². The van der Waals surface area contributed by atoms with E-state index in [0.717, 1.165) is 0 Å². The van der Waals surface area contributed by atoms with Gasteiger partial charge in [-0.3, -0.25) is 0 Å². The normalized spacial score (nSPS) is 25.9. The van der Waals surface area contributed by atoms with Crippen LogP contribution in [0.2, 0.25) is 6.32 Å². The largest absolute Gasteiger partial charge is 0.451 e. The van der Waals surface area contributed by atoms with Crippen molar-refractivity contribution in [1.29, 1.82) is 0 Å². The summed E-state index contributed by atoms with van der Waals surface area (Å²) in [4.78, 5) is 0. The molecule has 0 aromatic rings. The molecule has 0 saturated carbocycles. The highest BCUT2D eigenvalue weighted by Gasteiger charge is 2.36. The van der Waals surface area contributed by atoms with Crippen molar-refractivity contribution in [2.24, 2.45) is 17.4 Å². The molecule has 10 heteroatoms. The molecule has 1 aliphatic heterocycles. The van der Waals surface area contributed by atoms with E-state index in [1.807, 2.05) is 0 Å². The summed E-state index contributed by atoms with van der Waals surface area (Å²) >= 11 is 0. The van der Waals surface area contributed by atoms with Crippen LogP contribution in [-0.4, -0.2) is 61.6 Å². The van der Waals surface area contributed by atoms with Crippen LogP contribution in [0, 0.1) is 5.92 Å². The Hall–Kier alpha value is -0.225. The highest BCUT2D eigenvalue weighted by Crippen LogP contribution is 2.23. The molecule has 0 aromatic carbocycles.